The molecule has 0 fully saturated rings. The summed E-state index contributed by atoms with van der Waals surface area (Å²) < 4.78 is 18.4. The predicted octanol–water partition coefficient (Wildman–Crippen LogP) is 15.0. The highest BCUT2D eigenvalue weighted by molar-refractivity contribution is 6.53. The van der Waals surface area contributed by atoms with Gasteiger partial charge < -0.3 is 24.0 Å². The van der Waals surface area contributed by atoms with Gasteiger partial charge in [-0.3, -0.25) is 0 Å². The van der Waals surface area contributed by atoms with Crippen LogP contribution < -0.4 is 19.3 Å². The van der Waals surface area contributed by atoms with Crippen molar-refractivity contribution in [2.24, 2.45) is 0 Å². The Balaban J connectivity index is 1.69. The number of nitrogens with zero attached hydrogens (tertiary/aromatic N) is 2. The molecule has 5 aromatic rings. The topological polar surface area (TPSA) is 51.2 Å². The van der Waals surface area contributed by atoms with Crippen molar-refractivity contribution in [1.82, 2.24) is 0 Å². The fourth-order valence-electron chi connectivity index (χ4n) is 8.10. The van der Waals surface area contributed by atoms with Gasteiger partial charge in [-0.15, -0.1) is 0 Å². The Kier molecular flexibility index (Phi) is 16.4. The van der Waals surface area contributed by atoms with E-state index in [1.165, 1.54) is 0 Å². The smallest absolute Gasteiger partial charge is 0.341 e. The van der Waals surface area contributed by atoms with Gasteiger partial charge in [-0.2, -0.15) is 0 Å². The lowest BCUT2D eigenvalue weighted by atomic mass is 9.83. The highest BCUT2D eigenvalue weighted by atomic mass is 35.5. The fraction of sp³-hybridized carbons (Fsp3) is 0.327. The van der Waals surface area contributed by atoms with E-state index in [1.807, 2.05) is 74.5 Å². The van der Waals surface area contributed by atoms with Crippen LogP contribution in [0.2, 0.25) is 20.1 Å². The number of carbonyl (C=O) groups excluding carboxylic acids is 1. The molecule has 0 N–H and O–H groups in total. The molecular formula is C52H56Cl4N2O4. The predicted molar refractivity (Wildman–Crippen MR) is 261 cm³/mol. The summed E-state index contributed by atoms with van der Waals surface area (Å²) in [5.41, 5.74) is 6.05. The lowest BCUT2D eigenvalue weighted by molar-refractivity contribution is 0.0300. The largest absolute Gasteiger partial charge is 0.494 e. The van der Waals surface area contributed by atoms with Crippen LogP contribution in [0.15, 0.2) is 109 Å². The zero-order valence-corrected chi connectivity index (χ0v) is 39.5. The van der Waals surface area contributed by atoms with Crippen LogP contribution in [-0.4, -0.2) is 45.4 Å². The van der Waals surface area contributed by atoms with Gasteiger partial charge in [0.15, 0.2) is 5.60 Å². The van der Waals surface area contributed by atoms with E-state index in [1.54, 1.807) is 0 Å². The molecule has 1 heterocycles. The molecule has 0 radical (unpaired) electrons. The number of benzene rings is 5. The summed E-state index contributed by atoms with van der Waals surface area (Å²) >= 11 is 27.7. The average Bonchev–Trinajstić information content (AvgIpc) is 3.58. The molecule has 6 rings (SSSR count). The Hall–Kier alpha value is -4.59. The molecule has 6 nitrogen and oxygen atoms in total. The minimum absolute atomic E-state index is 0.0186. The number of ether oxygens (including phenoxy) is 3. The molecule has 5 aromatic carbocycles. The highest BCUT2D eigenvalue weighted by Crippen LogP contribution is 2.53. The summed E-state index contributed by atoms with van der Waals surface area (Å²) in [7, 11) is 0. The molecule has 0 aromatic heterocycles. The summed E-state index contributed by atoms with van der Waals surface area (Å²) in [6, 6.07) is 32.8. The summed E-state index contributed by atoms with van der Waals surface area (Å²) in [5, 5.41) is 0.0542. The zero-order valence-electron chi connectivity index (χ0n) is 36.5. The van der Waals surface area contributed by atoms with Gasteiger partial charge in [0.1, 0.15) is 11.5 Å². The Morgan fingerprint density at radius 2 is 0.855 bits per heavy atom. The van der Waals surface area contributed by atoms with E-state index in [0.29, 0.717) is 18.8 Å². The van der Waals surface area contributed by atoms with Gasteiger partial charge in [-0.1, -0.05) is 123 Å². The van der Waals surface area contributed by atoms with Crippen LogP contribution in [0, 0.1) is 0 Å². The lowest BCUT2D eigenvalue weighted by Gasteiger charge is -2.28. The first kappa shape index (κ1) is 46.9. The molecule has 326 valence electrons. The van der Waals surface area contributed by atoms with Gasteiger partial charge >= 0.3 is 5.97 Å². The number of fused-ring (bicyclic) bond motifs is 1. The SMILES string of the molecule is CCCN(CCC)c1ccc(C(=CC2(C=C(c3ccc(OCC)cc3)c3ccc(N(CCC)CCC)cc3)OC(=O)c3c(Cl)c(Cl)c(Cl)c(Cl)c32)c2ccc(OCC)cc2)cc1. The molecule has 0 unspecified atom stereocenters. The van der Waals surface area contributed by atoms with E-state index in [9.17, 15) is 4.79 Å². The third-order valence-corrected chi connectivity index (χ3v) is 12.7. The molecular weight excluding hydrogens is 858 g/mol. The third kappa shape index (κ3) is 10.3. The van der Waals surface area contributed by atoms with Crippen LogP contribution in [0.5, 0.6) is 11.5 Å². The van der Waals surface area contributed by atoms with Gasteiger partial charge in [0.05, 0.1) is 38.9 Å². The molecule has 0 saturated carbocycles. The van der Waals surface area contributed by atoms with E-state index >= 15 is 0 Å². The van der Waals surface area contributed by atoms with Crippen LogP contribution >= 0.6 is 46.4 Å². The van der Waals surface area contributed by atoms with Crippen molar-refractivity contribution in [2.45, 2.75) is 72.8 Å². The van der Waals surface area contributed by atoms with Crippen molar-refractivity contribution >= 4 is 74.9 Å². The van der Waals surface area contributed by atoms with Gasteiger partial charge in [0.2, 0.25) is 0 Å². The second kappa shape index (κ2) is 21.7. The van der Waals surface area contributed by atoms with Crippen molar-refractivity contribution in [2.75, 3.05) is 49.2 Å². The second-order valence-electron chi connectivity index (χ2n) is 15.3. The molecule has 10 heteroatoms. The number of hydrogen-bond acceptors (Lipinski definition) is 6. The normalized spacial score (nSPS) is 15.0. The summed E-state index contributed by atoms with van der Waals surface area (Å²) in [5.74, 6) is 0.800. The van der Waals surface area contributed by atoms with E-state index < -0.39 is 11.6 Å². The summed E-state index contributed by atoms with van der Waals surface area (Å²) in [6.45, 7) is 17.5. The monoisotopic (exact) mass is 912 g/mol. The standard InChI is InChI=1S/C52H56Cl4N2O4/c1-7-29-57(30-8-2)39-21-13-35(14-22-39)43(37-17-25-41(26-18-37)60-11-5)33-52(46-45(51(59)62-52)47(53)49(55)50(56)48(46)54)34-44(38-19-27-42(28-20-38)61-12-6)36-15-23-40(24-16-36)58(31-9-3)32-10-4/h13-28,33-34H,7-12,29-32H2,1-6H3. The van der Waals surface area contributed by atoms with E-state index in [2.05, 4.69) is 86.0 Å². The Labute approximate surface area is 388 Å². The zero-order chi connectivity index (χ0) is 44.4. The quantitative estimate of drug-likeness (QED) is 0.0440. The molecule has 0 spiro atoms. The summed E-state index contributed by atoms with van der Waals surface area (Å²) in [6.07, 6.45) is 8.04. The highest BCUT2D eigenvalue weighted by Gasteiger charge is 2.48. The number of anilines is 2. The maximum absolute atomic E-state index is 14.4. The van der Waals surface area contributed by atoms with Gasteiger partial charge in [-0.05, 0) is 134 Å². The van der Waals surface area contributed by atoms with Crippen LogP contribution in [0.1, 0.15) is 105 Å². The van der Waals surface area contributed by atoms with Crippen molar-refractivity contribution < 1.29 is 19.0 Å². The number of carbonyl (C=O) groups is 1. The molecule has 0 aliphatic carbocycles. The minimum Gasteiger partial charge on any atom is -0.494 e. The second-order valence-corrected chi connectivity index (χ2v) is 16.8. The van der Waals surface area contributed by atoms with Crippen molar-refractivity contribution in [1.29, 1.82) is 0 Å². The first-order valence-corrected chi connectivity index (χ1v) is 23.3. The first-order chi connectivity index (χ1) is 30.0. The van der Waals surface area contributed by atoms with Crippen LogP contribution in [0.4, 0.5) is 11.4 Å². The van der Waals surface area contributed by atoms with Crippen molar-refractivity contribution in [3.05, 3.63) is 163 Å². The Bertz CT molecular complexity index is 2220. The Morgan fingerprint density at radius 1 is 0.516 bits per heavy atom. The number of rotatable bonds is 20. The molecule has 0 amide bonds. The molecule has 1 aliphatic heterocycles. The number of halogens is 4. The summed E-state index contributed by atoms with van der Waals surface area (Å²) in [4.78, 5) is 19.2. The van der Waals surface area contributed by atoms with Gasteiger partial charge in [0.25, 0.3) is 0 Å². The van der Waals surface area contributed by atoms with Gasteiger partial charge in [-0.25, -0.2) is 4.79 Å². The number of esters is 1. The lowest BCUT2D eigenvalue weighted by Crippen LogP contribution is -2.25. The van der Waals surface area contributed by atoms with Crippen LogP contribution in [-0.2, 0) is 10.3 Å². The molecule has 62 heavy (non-hydrogen) atoms. The van der Waals surface area contributed by atoms with Crippen molar-refractivity contribution in [3.63, 3.8) is 0 Å². The molecule has 1 aliphatic rings. The molecule has 0 saturated heterocycles. The maximum atomic E-state index is 14.4. The van der Waals surface area contributed by atoms with E-state index in [4.69, 9.17) is 60.6 Å². The average molecular weight is 915 g/mol. The van der Waals surface area contributed by atoms with Crippen LogP contribution in [0.25, 0.3) is 11.1 Å². The van der Waals surface area contributed by atoms with Crippen LogP contribution in [0.3, 0.4) is 0 Å². The number of cyclic esters (lactones) is 1. The maximum Gasteiger partial charge on any atom is 0.341 e. The molecule has 0 atom stereocenters. The fourth-order valence-corrected chi connectivity index (χ4v) is 9.18. The van der Waals surface area contributed by atoms with Crippen molar-refractivity contribution in [3.8, 4) is 11.5 Å². The van der Waals surface area contributed by atoms with Gasteiger partial charge in [0, 0.05) is 43.1 Å². The minimum atomic E-state index is -1.65. The number of hydrogen-bond donors (Lipinski definition) is 0. The third-order valence-electron chi connectivity index (χ3n) is 10.9. The first-order valence-electron chi connectivity index (χ1n) is 21.7. The van der Waals surface area contributed by atoms with E-state index in [-0.39, 0.29) is 25.7 Å². The Morgan fingerprint density at radius 3 is 1.19 bits per heavy atom. The van der Waals surface area contributed by atoms with E-state index in [0.717, 1.165) is 108 Å². The molecule has 0 bridgehead atoms.